The van der Waals surface area contributed by atoms with E-state index < -0.39 is 0 Å². The van der Waals surface area contributed by atoms with Crippen molar-refractivity contribution < 1.29 is 0 Å². The largest absolute Gasteiger partial charge is 0.311 e. The maximum atomic E-state index is 13.2. The molecule has 0 amide bonds. The van der Waals surface area contributed by atoms with Gasteiger partial charge in [-0.2, -0.15) is 5.10 Å². The maximum absolute atomic E-state index is 13.2. The van der Waals surface area contributed by atoms with Crippen molar-refractivity contribution in [1.82, 2.24) is 24.1 Å². The van der Waals surface area contributed by atoms with E-state index >= 15 is 0 Å². The van der Waals surface area contributed by atoms with E-state index in [9.17, 15) is 4.79 Å². The van der Waals surface area contributed by atoms with Gasteiger partial charge in [-0.05, 0) is 70.6 Å². The number of aryl methyl sites for hydroxylation is 2. The first-order valence-electron chi connectivity index (χ1n) is 9.67. The second-order valence-electron chi connectivity index (χ2n) is 7.82. The molecule has 0 unspecified atom stereocenters. The Bertz CT molecular complexity index is 1240. The van der Waals surface area contributed by atoms with E-state index in [2.05, 4.69) is 35.1 Å². The SMILES string of the molecule is Cc1cn2nc(-c3cc4ccn(C5CCN(C)CC5)c(=O)c4s3)cc(C)c2n1. The Hall–Kier alpha value is -2.51. The Balaban J connectivity index is 1.59. The highest BCUT2D eigenvalue weighted by Gasteiger charge is 2.20. The minimum Gasteiger partial charge on any atom is -0.311 e. The summed E-state index contributed by atoms with van der Waals surface area (Å²) in [6, 6.07) is 6.51. The summed E-state index contributed by atoms with van der Waals surface area (Å²) in [4.78, 5) is 21.0. The molecule has 4 aromatic heterocycles. The third-order valence-corrected chi connectivity index (χ3v) is 6.83. The fourth-order valence-electron chi connectivity index (χ4n) is 4.09. The molecular formula is C21H23N5OS. The zero-order chi connectivity index (χ0) is 19.4. The average Bonchev–Trinajstić information content (AvgIpc) is 3.27. The van der Waals surface area contributed by atoms with Gasteiger partial charge in [0.05, 0.1) is 16.8 Å². The zero-order valence-corrected chi connectivity index (χ0v) is 17.2. The standard InChI is InChI=1S/C21H23N5OS/c1-13-10-17(23-26-12-14(2)22-20(13)26)18-11-15-4-9-25(21(27)19(15)28-18)16-5-7-24(3)8-6-16/h4,9-12,16H,5-8H2,1-3H3. The number of imidazole rings is 1. The fraction of sp³-hybridized carbons (Fsp3) is 0.381. The van der Waals surface area contributed by atoms with E-state index in [1.165, 1.54) is 11.3 Å². The Morgan fingerprint density at radius 3 is 2.75 bits per heavy atom. The highest BCUT2D eigenvalue weighted by atomic mass is 32.1. The Morgan fingerprint density at radius 2 is 1.96 bits per heavy atom. The van der Waals surface area contributed by atoms with Crippen LogP contribution in [0.2, 0.25) is 0 Å². The minimum absolute atomic E-state index is 0.125. The van der Waals surface area contributed by atoms with Gasteiger partial charge in [-0.15, -0.1) is 11.3 Å². The molecule has 0 atom stereocenters. The molecule has 5 rings (SSSR count). The third-order valence-electron chi connectivity index (χ3n) is 5.67. The van der Waals surface area contributed by atoms with Crippen LogP contribution in [0.25, 0.3) is 26.3 Å². The molecule has 6 nitrogen and oxygen atoms in total. The normalized spacial score (nSPS) is 16.4. The zero-order valence-electron chi connectivity index (χ0n) is 16.3. The van der Waals surface area contributed by atoms with Gasteiger partial charge in [0.1, 0.15) is 10.4 Å². The van der Waals surface area contributed by atoms with Crippen LogP contribution in [0.15, 0.2) is 35.4 Å². The van der Waals surface area contributed by atoms with Gasteiger partial charge in [0, 0.05) is 17.6 Å². The third kappa shape index (κ3) is 2.86. The number of rotatable bonds is 2. The molecule has 28 heavy (non-hydrogen) atoms. The molecular weight excluding hydrogens is 370 g/mol. The van der Waals surface area contributed by atoms with Crippen LogP contribution < -0.4 is 5.56 Å². The first-order chi connectivity index (χ1) is 13.5. The molecule has 7 heteroatoms. The Labute approximate surface area is 167 Å². The summed E-state index contributed by atoms with van der Waals surface area (Å²) in [5.41, 5.74) is 3.92. The Kier molecular flexibility index (Phi) is 4.10. The smallest absolute Gasteiger partial charge is 0.268 e. The lowest BCUT2D eigenvalue weighted by atomic mass is 10.1. The predicted octanol–water partition coefficient (Wildman–Crippen LogP) is 3.66. The highest BCUT2D eigenvalue weighted by Crippen LogP contribution is 2.32. The molecule has 0 N–H and O–H groups in total. The van der Waals surface area contributed by atoms with Crippen LogP contribution in [0.1, 0.15) is 30.1 Å². The van der Waals surface area contributed by atoms with Crippen LogP contribution in [0, 0.1) is 13.8 Å². The van der Waals surface area contributed by atoms with Gasteiger partial charge < -0.3 is 9.47 Å². The van der Waals surface area contributed by atoms with Crippen LogP contribution in [-0.4, -0.2) is 44.2 Å². The number of likely N-dealkylation sites (tertiary alicyclic amines) is 1. The van der Waals surface area contributed by atoms with Crippen molar-refractivity contribution in [3.63, 3.8) is 0 Å². The lowest BCUT2D eigenvalue weighted by molar-refractivity contribution is 0.219. The van der Waals surface area contributed by atoms with E-state index in [1.807, 2.05) is 35.3 Å². The number of aromatic nitrogens is 4. The van der Waals surface area contributed by atoms with Crippen LogP contribution >= 0.6 is 11.3 Å². The van der Waals surface area contributed by atoms with Crippen molar-refractivity contribution in [1.29, 1.82) is 0 Å². The monoisotopic (exact) mass is 393 g/mol. The second kappa shape index (κ2) is 6.53. The van der Waals surface area contributed by atoms with Crippen LogP contribution in [0.3, 0.4) is 0 Å². The first kappa shape index (κ1) is 17.6. The van der Waals surface area contributed by atoms with E-state index in [-0.39, 0.29) is 5.56 Å². The molecule has 1 aliphatic heterocycles. The summed E-state index contributed by atoms with van der Waals surface area (Å²) < 4.78 is 4.59. The van der Waals surface area contributed by atoms with Gasteiger partial charge >= 0.3 is 0 Å². The number of hydrogen-bond acceptors (Lipinski definition) is 5. The van der Waals surface area contributed by atoms with Crippen molar-refractivity contribution in [2.75, 3.05) is 20.1 Å². The van der Waals surface area contributed by atoms with Gasteiger partial charge in [0.25, 0.3) is 5.56 Å². The van der Waals surface area contributed by atoms with E-state index in [1.54, 1.807) is 0 Å². The number of pyridine rings is 1. The summed E-state index contributed by atoms with van der Waals surface area (Å²) >= 11 is 1.54. The van der Waals surface area contributed by atoms with E-state index in [0.717, 1.165) is 63.5 Å². The van der Waals surface area contributed by atoms with Crippen LogP contribution in [0.5, 0.6) is 0 Å². The molecule has 144 valence electrons. The van der Waals surface area contributed by atoms with Crippen LogP contribution in [0.4, 0.5) is 0 Å². The first-order valence-corrected chi connectivity index (χ1v) is 10.5. The fourth-order valence-corrected chi connectivity index (χ4v) is 5.14. The molecule has 1 aliphatic rings. The van der Waals surface area contributed by atoms with Crippen molar-refractivity contribution in [3.8, 4) is 10.6 Å². The van der Waals surface area contributed by atoms with Gasteiger partial charge in [0.15, 0.2) is 5.65 Å². The number of nitrogens with zero attached hydrogens (tertiary/aromatic N) is 5. The summed E-state index contributed by atoms with van der Waals surface area (Å²) in [7, 11) is 2.14. The molecule has 4 aromatic rings. The van der Waals surface area contributed by atoms with Crippen LogP contribution in [-0.2, 0) is 0 Å². The molecule has 5 heterocycles. The van der Waals surface area contributed by atoms with Crippen molar-refractivity contribution >= 4 is 27.1 Å². The number of piperidine rings is 1. The molecule has 1 saturated heterocycles. The summed E-state index contributed by atoms with van der Waals surface area (Å²) in [6.45, 7) is 6.10. The lowest BCUT2D eigenvalue weighted by Crippen LogP contribution is -2.35. The van der Waals surface area contributed by atoms with Gasteiger partial charge in [0.2, 0.25) is 0 Å². The van der Waals surface area contributed by atoms with Gasteiger partial charge in [-0.1, -0.05) is 0 Å². The number of hydrogen-bond donors (Lipinski definition) is 0. The minimum atomic E-state index is 0.125. The number of fused-ring (bicyclic) bond motifs is 2. The topological polar surface area (TPSA) is 55.4 Å². The molecule has 0 bridgehead atoms. The Morgan fingerprint density at radius 1 is 1.18 bits per heavy atom. The highest BCUT2D eigenvalue weighted by molar-refractivity contribution is 7.22. The number of thiophene rings is 1. The van der Waals surface area contributed by atoms with Crippen molar-refractivity contribution in [2.45, 2.75) is 32.7 Å². The van der Waals surface area contributed by atoms with Gasteiger partial charge in [-0.3, -0.25) is 4.79 Å². The quantitative estimate of drug-likeness (QED) is 0.522. The van der Waals surface area contributed by atoms with E-state index in [4.69, 9.17) is 5.10 Å². The summed E-state index contributed by atoms with van der Waals surface area (Å²) in [5, 5.41) is 5.72. The summed E-state index contributed by atoms with van der Waals surface area (Å²) in [5.74, 6) is 0. The van der Waals surface area contributed by atoms with E-state index in [0.29, 0.717) is 6.04 Å². The molecule has 0 saturated carbocycles. The lowest BCUT2D eigenvalue weighted by Gasteiger charge is -2.30. The predicted molar refractivity (Wildman–Crippen MR) is 113 cm³/mol. The van der Waals surface area contributed by atoms with Crippen molar-refractivity contribution in [2.24, 2.45) is 0 Å². The molecule has 0 radical (unpaired) electrons. The molecule has 1 fully saturated rings. The molecule has 0 aromatic carbocycles. The maximum Gasteiger partial charge on any atom is 0.268 e. The van der Waals surface area contributed by atoms with Gasteiger partial charge in [-0.25, -0.2) is 9.50 Å². The molecule has 0 spiro atoms. The summed E-state index contributed by atoms with van der Waals surface area (Å²) in [6.07, 6.45) is 5.96. The van der Waals surface area contributed by atoms with Crippen molar-refractivity contribution in [3.05, 3.63) is 52.2 Å². The second-order valence-corrected chi connectivity index (χ2v) is 8.87. The molecule has 0 aliphatic carbocycles. The average molecular weight is 394 g/mol.